The predicted molar refractivity (Wildman–Crippen MR) is 129 cm³/mol. The van der Waals surface area contributed by atoms with Crippen molar-refractivity contribution in [2.75, 3.05) is 4.90 Å². The molecular formula is C26H20N6O3. The van der Waals surface area contributed by atoms with Crippen molar-refractivity contribution in [1.82, 2.24) is 19.7 Å². The van der Waals surface area contributed by atoms with Crippen molar-refractivity contribution in [2.45, 2.75) is 26.4 Å². The summed E-state index contributed by atoms with van der Waals surface area (Å²) >= 11 is 0. The highest BCUT2D eigenvalue weighted by Gasteiger charge is 2.30. The lowest BCUT2D eigenvalue weighted by Crippen LogP contribution is -2.24. The van der Waals surface area contributed by atoms with E-state index in [4.69, 9.17) is 11.6 Å². The second kappa shape index (κ2) is 8.50. The summed E-state index contributed by atoms with van der Waals surface area (Å²) in [5.41, 5.74) is 3.34. The number of hydrogen-bond acceptors (Lipinski definition) is 5. The van der Waals surface area contributed by atoms with Crippen molar-refractivity contribution in [3.63, 3.8) is 0 Å². The molecule has 3 heterocycles. The molecule has 5 rings (SSSR count). The topological polar surface area (TPSA) is 106 Å². The number of benzene rings is 2. The number of carbonyl (C=O) groups excluding carboxylic acids is 1. The molecule has 35 heavy (non-hydrogen) atoms. The zero-order chi connectivity index (χ0) is 24.7. The lowest BCUT2D eigenvalue weighted by molar-refractivity contribution is 0.0698. The molecule has 0 bridgehead atoms. The number of nitrogens with zero attached hydrogens (tertiary/aromatic N) is 6. The highest BCUT2D eigenvalue weighted by Crippen LogP contribution is 2.33. The van der Waals surface area contributed by atoms with Crippen LogP contribution in [-0.4, -0.2) is 36.7 Å². The molecule has 9 heteroatoms. The predicted octanol–water partition coefficient (Wildman–Crippen LogP) is 5.00. The van der Waals surface area contributed by atoms with Crippen LogP contribution >= 0.6 is 0 Å². The number of pyridine rings is 1. The summed E-state index contributed by atoms with van der Waals surface area (Å²) in [6.45, 7) is 11.6. The third kappa shape index (κ3) is 3.81. The lowest BCUT2D eigenvalue weighted by Gasteiger charge is -2.16. The summed E-state index contributed by atoms with van der Waals surface area (Å²) in [6, 6.07) is 15.7. The van der Waals surface area contributed by atoms with Gasteiger partial charge in [-0.1, -0.05) is 36.4 Å². The van der Waals surface area contributed by atoms with Crippen LogP contribution in [0.1, 0.15) is 46.2 Å². The smallest absolute Gasteiger partial charge is 0.325 e. The van der Waals surface area contributed by atoms with Gasteiger partial charge in [0, 0.05) is 11.6 Å². The second-order valence-electron chi connectivity index (χ2n) is 8.45. The van der Waals surface area contributed by atoms with Crippen molar-refractivity contribution in [3.8, 4) is 22.6 Å². The molecule has 2 aromatic heterocycles. The Kier molecular flexibility index (Phi) is 5.34. The number of amides is 1. The number of anilines is 1. The Balaban J connectivity index is 1.48. The van der Waals surface area contributed by atoms with Crippen LogP contribution in [0.25, 0.3) is 27.5 Å². The van der Waals surface area contributed by atoms with Gasteiger partial charge in [0.25, 0.3) is 5.91 Å². The zero-order valence-corrected chi connectivity index (χ0v) is 19.0. The van der Waals surface area contributed by atoms with Gasteiger partial charge in [0.15, 0.2) is 5.82 Å². The van der Waals surface area contributed by atoms with Crippen LogP contribution in [0.5, 0.6) is 0 Å². The molecule has 0 fully saturated rings. The Morgan fingerprint density at radius 1 is 1.11 bits per heavy atom. The van der Waals surface area contributed by atoms with Crippen molar-refractivity contribution in [3.05, 3.63) is 89.0 Å². The van der Waals surface area contributed by atoms with Crippen molar-refractivity contribution in [2.24, 2.45) is 0 Å². The Hall–Kier alpha value is -4.84. The van der Waals surface area contributed by atoms with E-state index in [9.17, 15) is 14.7 Å². The van der Waals surface area contributed by atoms with Crippen LogP contribution in [0.2, 0.25) is 0 Å². The molecule has 0 saturated carbocycles. The molecule has 0 radical (unpaired) electrons. The lowest BCUT2D eigenvalue weighted by atomic mass is 9.98. The molecule has 1 N–H and O–H groups in total. The first-order valence-electron chi connectivity index (χ1n) is 10.9. The highest BCUT2D eigenvalue weighted by molar-refractivity contribution is 6.10. The average Bonchev–Trinajstić information content (AvgIpc) is 3.49. The van der Waals surface area contributed by atoms with Crippen molar-refractivity contribution < 1.29 is 14.7 Å². The Bertz CT molecular complexity index is 1530. The van der Waals surface area contributed by atoms with Gasteiger partial charge in [-0.15, -0.1) is 10.2 Å². The molecule has 0 spiro atoms. The van der Waals surface area contributed by atoms with Gasteiger partial charge in [-0.3, -0.25) is 9.69 Å². The van der Waals surface area contributed by atoms with Gasteiger partial charge in [-0.25, -0.2) is 14.6 Å². The molecule has 9 nitrogen and oxygen atoms in total. The summed E-state index contributed by atoms with van der Waals surface area (Å²) in [6.07, 6.45) is 1.66. The van der Waals surface area contributed by atoms with Crippen LogP contribution in [0.3, 0.4) is 0 Å². The van der Waals surface area contributed by atoms with E-state index in [1.54, 1.807) is 29.4 Å². The van der Waals surface area contributed by atoms with Gasteiger partial charge in [0.05, 0.1) is 18.7 Å². The third-order valence-electron chi connectivity index (χ3n) is 5.96. The number of hydrogen-bond donors (Lipinski definition) is 1. The number of carbonyl (C=O) groups is 2. The molecular weight excluding hydrogens is 444 g/mol. The van der Waals surface area contributed by atoms with Crippen molar-refractivity contribution in [1.29, 1.82) is 0 Å². The molecule has 1 aliphatic heterocycles. The SMILES string of the molecule is [C-]#[N+]c1ccc(-c2ccc3c(c2)C(=O)N(c2cccc(-c4nncn4C(C)C)n2)C3)cc1C(=O)O. The standard InChI is InChI=1S/C26H20N6O3/c1-15(2)32-14-28-30-24(32)22-5-4-6-23(29-22)31-13-18-8-7-16(11-19(18)25(31)33)17-9-10-21(27-3)20(12-17)26(34)35/h4-12,14-15H,13H2,1-2H3,(H,34,35). The van der Waals surface area contributed by atoms with E-state index in [0.717, 1.165) is 5.56 Å². The van der Waals surface area contributed by atoms with E-state index in [1.807, 2.05) is 42.7 Å². The van der Waals surface area contributed by atoms with Gasteiger partial charge in [-0.05, 0) is 48.7 Å². The fraction of sp³-hybridized carbons (Fsp3) is 0.154. The first-order chi connectivity index (χ1) is 16.9. The van der Waals surface area contributed by atoms with Gasteiger partial charge in [0.1, 0.15) is 17.8 Å². The minimum atomic E-state index is -1.17. The number of aromatic nitrogens is 4. The fourth-order valence-electron chi connectivity index (χ4n) is 4.15. The van der Waals surface area contributed by atoms with E-state index in [1.165, 1.54) is 12.1 Å². The van der Waals surface area contributed by atoms with Crippen molar-refractivity contribution >= 4 is 23.4 Å². The first-order valence-corrected chi connectivity index (χ1v) is 10.9. The van der Waals surface area contributed by atoms with Gasteiger partial charge in [0.2, 0.25) is 5.69 Å². The number of rotatable bonds is 5. The number of fused-ring (bicyclic) bond motifs is 1. The van der Waals surface area contributed by atoms with Crippen LogP contribution < -0.4 is 4.90 Å². The Labute approximate surface area is 201 Å². The van der Waals surface area contributed by atoms with Crippen LogP contribution in [0.4, 0.5) is 11.5 Å². The quantitative estimate of drug-likeness (QED) is 0.417. The molecule has 0 atom stereocenters. The summed E-state index contributed by atoms with van der Waals surface area (Å²) in [5.74, 6) is -0.211. The van der Waals surface area contributed by atoms with E-state index >= 15 is 0 Å². The normalized spacial score (nSPS) is 12.6. The third-order valence-corrected chi connectivity index (χ3v) is 5.96. The maximum atomic E-state index is 13.3. The van der Waals surface area contributed by atoms with E-state index < -0.39 is 5.97 Å². The maximum Gasteiger partial charge on any atom is 0.325 e. The summed E-state index contributed by atoms with van der Waals surface area (Å²) in [4.78, 5) is 34.5. The molecule has 172 valence electrons. The summed E-state index contributed by atoms with van der Waals surface area (Å²) in [5, 5.41) is 17.6. The van der Waals surface area contributed by atoms with Crippen LogP contribution in [0, 0.1) is 6.57 Å². The number of aromatic carboxylic acids is 1. The van der Waals surface area contributed by atoms with E-state index in [-0.39, 0.29) is 23.2 Å². The highest BCUT2D eigenvalue weighted by atomic mass is 16.4. The second-order valence-corrected chi connectivity index (χ2v) is 8.45. The molecule has 0 saturated heterocycles. The molecule has 1 amide bonds. The molecule has 0 aliphatic carbocycles. The first kappa shape index (κ1) is 22.0. The number of carboxylic acids is 1. The monoisotopic (exact) mass is 464 g/mol. The molecule has 2 aromatic carbocycles. The van der Waals surface area contributed by atoms with E-state index in [2.05, 4.69) is 15.0 Å². The zero-order valence-electron chi connectivity index (χ0n) is 19.0. The van der Waals surface area contributed by atoms with Gasteiger partial charge < -0.3 is 9.67 Å². The molecule has 0 unspecified atom stereocenters. The van der Waals surface area contributed by atoms with Gasteiger partial charge in [-0.2, -0.15) is 0 Å². The summed E-state index contributed by atoms with van der Waals surface area (Å²) in [7, 11) is 0. The van der Waals surface area contributed by atoms with Crippen LogP contribution in [0.15, 0.2) is 60.9 Å². The maximum absolute atomic E-state index is 13.3. The average molecular weight is 464 g/mol. The largest absolute Gasteiger partial charge is 0.479 e. The molecule has 4 aromatic rings. The van der Waals surface area contributed by atoms with Gasteiger partial charge >= 0.3 is 5.97 Å². The number of carboxylic acid groups (broad SMARTS) is 1. The minimum absolute atomic E-state index is 0.0683. The Morgan fingerprint density at radius 2 is 1.89 bits per heavy atom. The summed E-state index contributed by atoms with van der Waals surface area (Å²) < 4.78 is 1.92. The minimum Gasteiger partial charge on any atom is -0.479 e. The Morgan fingerprint density at radius 3 is 2.63 bits per heavy atom. The van der Waals surface area contributed by atoms with E-state index in [0.29, 0.717) is 40.6 Å². The fourth-order valence-corrected chi connectivity index (χ4v) is 4.15. The van der Waals surface area contributed by atoms with Crippen LogP contribution in [-0.2, 0) is 6.54 Å². The molecule has 1 aliphatic rings.